The number of nitrogens with two attached hydrogens (primary N) is 1. The third-order valence-corrected chi connectivity index (χ3v) is 16.7. The summed E-state index contributed by atoms with van der Waals surface area (Å²) in [5.74, 6) is -0.812. The fourth-order valence-electron chi connectivity index (χ4n) is 10.5. The molecule has 0 heterocycles. The van der Waals surface area contributed by atoms with Crippen LogP contribution < -0.4 is 5.73 Å². The van der Waals surface area contributed by atoms with Crippen LogP contribution in [0.5, 0.6) is 0 Å². The zero-order chi connectivity index (χ0) is 61.6. The Morgan fingerprint density at radius 3 is 0.976 bits per heavy atom. The standard InChI is InChI=1S/C75H136NO8P/c1-3-5-7-9-11-13-15-17-19-21-23-25-27-28-29-30-31-32-33-34-35-36-37-38-39-40-41-42-43-44-46-48-50-52-54-56-58-60-62-64-66-68-75(78)84-73(72-83-85(79,80)82-70-69-76)71-81-74(77)67-65-63-61-59-57-55-53-51-49-47-45-26-24-22-20-18-16-14-12-10-8-6-4-2/h5,7,11,13,17,19,22-25,28-29,31-32,73H,3-4,6,8-10,12,14-16,18,20-21,26-27,30,33-72,76H2,1-2H3,(H,79,80)/b7-5-,13-11-,19-17-,24-22-,25-23-,29-28-,32-31-. The zero-order valence-electron chi connectivity index (χ0n) is 55.6. The summed E-state index contributed by atoms with van der Waals surface area (Å²) in [6.45, 7) is 3.68. The van der Waals surface area contributed by atoms with Crippen molar-refractivity contribution in [3.63, 3.8) is 0 Å². The van der Waals surface area contributed by atoms with Gasteiger partial charge in [0.15, 0.2) is 6.10 Å². The van der Waals surface area contributed by atoms with Gasteiger partial charge >= 0.3 is 19.8 Å². The molecule has 494 valence electrons. The summed E-state index contributed by atoms with van der Waals surface area (Å²) in [6.07, 6.45) is 94.1. The SMILES string of the molecule is CC/C=C\C/C=C\C/C=C\C/C=C\C/C=C\C/C=C\CCCCCCCCCCCCCCCCCCCCCCCCC(=O)OC(COC(=O)CCCCCCCCCCCCC/C=C\CCCCCCCCCC)COP(=O)(O)OCCN. The summed E-state index contributed by atoms with van der Waals surface area (Å²) in [5, 5.41) is 0. The highest BCUT2D eigenvalue weighted by atomic mass is 31.2. The van der Waals surface area contributed by atoms with Gasteiger partial charge in [0.25, 0.3) is 0 Å². The molecule has 0 spiro atoms. The Hall–Kier alpha value is -2.81. The Kier molecular flexibility index (Phi) is 68.0. The van der Waals surface area contributed by atoms with Crippen molar-refractivity contribution in [1.82, 2.24) is 0 Å². The predicted molar refractivity (Wildman–Crippen MR) is 367 cm³/mol. The number of esters is 2. The molecule has 3 N–H and O–H groups in total. The van der Waals surface area contributed by atoms with Crippen LogP contribution in [0.25, 0.3) is 0 Å². The monoisotopic (exact) mass is 1210 g/mol. The first-order chi connectivity index (χ1) is 41.8. The molecule has 9 nitrogen and oxygen atoms in total. The van der Waals surface area contributed by atoms with E-state index in [1.165, 1.54) is 244 Å². The van der Waals surface area contributed by atoms with Gasteiger partial charge in [-0.15, -0.1) is 0 Å². The molecule has 0 radical (unpaired) electrons. The number of carbonyl (C=O) groups excluding carboxylic acids is 2. The van der Waals surface area contributed by atoms with Crippen LogP contribution in [-0.2, 0) is 32.7 Å². The minimum atomic E-state index is -4.39. The van der Waals surface area contributed by atoms with Gasteiger partial charge in [0, 0.05) is 19.4 Å². The third kappa shape index (κ3) is 70.2. The van der Waals surface area contributed by atoms with Gasteiger partial charge in [0.2, 0.25) is 0 Å². The summed E-state index contributed by atoms with van der Waals surface area (Å²) >= 11 is 0. The second-order valence-electron chi connectivity index (χ2n) is 24.1. The molecule has 0 rings (SSSR count). The minimum absolute atomic E-state index is 0.0536. The van der Waals surface area contributed by atoms with E-state index in [1.807, 2.05) is 0 Å². The molecular weight excluding hydrogens is 1070 g/mol. The molecule has 85 heavy (non-hydrogen) atoms. The molecule has 0 saturated carbocycles. The van der Waals surface area contributed by atoms with E-state index in [0.29, 0.717) is 6.42 Å². The Labute approximate surface area is 525 Å². The lowest BCUT2D eigenvalue weighted by atomic mass is 10.0. The van der Waals surface area contributed by atoms with Crippen LogP contribution in [0.3, 0.4) is 0 Å². The number of hydrogen-bond acceptors (Lipinski definition) is 8. The number of rotatable bonds is 68. The van der Waals surface area contributed by atoms with Crippen LogP contribution in [0.15, 0.2) is 85.1 Å². The summed E-state index contributed by atoms with van der Waals surface area (Å²) < 4.78 is 33.2. The van der Waals surface area contributed by atoms with Gasteiger partial charge in [-0.1, -0.05) is 330 Å². The lowest BCUT2D eigenvalue weighted by Crippen LogP contribution is -2.29. The van der Waals surface area contributed by atoms with Crippen molar-refractivity contribution in [3.05, 3.63) is 85.1 Å². The molecule has 0 saturated heterocycles. The number of phosphoric acid groups is 1. The highest BCUT2D eigenvalue weighted by Gasteiger charge is 2.26. The van der Waals surface area contributed by atoms with Crippen LogP contribution in [0, 0.1) is 0 Å². The first kappa shape index (κ1) is 82.2. The number of hydrogen-bond donors (Lipinski definition) is 2. The molecular formula is C75H136NO8P. The lowest BCUT2D eigenvalue weighted by molar-refractivity contribution is -0.161. The van der Waals surface area contributed by atoms with Gasteiger partial charge in [-0.3, -0.25) is 18.6 Å². The summed E-state index contributed by atoms with van der Waals surface area (Å²) in [5.41, 5.74) is 5.40. The molecule has 0 aromatic heterocycles. The van der Waals surface area contributed by atoms with Gasteiger partial charge in [0.05, 0.1) is 13.2 Å². The fourth-order valence-corrected chi connectivity index (χ4v) is 11.2. The van der Waals surface area contributed by atoms with Crippen LogP contribution in [0.2, 0.25) is 0 Å². The van der Waals surface area contributed by atoms with E-state index in [4.69, 9.17) is 24.3 Å². The van der Waals surface area contributed by atoms with Crippen molar-refractivity contribution in [2.75, 3.05) is 26.4 Å². The van der Waals surface area contributed by atoms with Crippen molar-refractivity contribution in [2.24, 2.45) is 5.73 Å². The van der Waals surface area contributed by atoms with Crippen molar-refractivity contribution in [1.29, 1.82) is 0 Å². The Balaban J connectivity index is 3.80. The fraction of sp³-hybridized carbons (Fsp3) is 0.787. The Bertz CT molecular complexity index is 1670. The van der Waals surface area contributed by atoms with E-state index in [2.05, 4.69) is 98.9 Å². The second-order valence-corrected chi connectivity index (χ2v) is 25.5. The van der Waals surface area contributed by atoms with Gasteiger partial charge in [0.1, 0.15) is 6.61 Å². The van der Waals surface area contributed by atoms with E-state index in [-0.39, 0.29) is 38.6 Å². The van der Waals surface area contributed by atoms with E-state index in [0.717, 1.165) is 70.6 Å². The topological polar surface area (TPSA) is 134 Å². The van der Waals surface area contributed by atoms with Crippen LogP contribution >= 0.6 is 7.82 Å². The molecule has 0 aliphatic heterocycles. The molecule has 10 heteroatoms. The Morgan fingerprint density at radius 1 is 0.365 bits per heavy atom. The van der Waals surface area contributed by atoms with E-state index >= 15 is 0 Å². The third-order valence-electron chi connectivity index (χ3n) is 15.8. The van der Waals surface area contributed by atoms with E-state index in [1.54, 1.807) is 0 Å². The van der Waals surface area contributed by atoms with Crippen molar-refractivity contribution in [2.45, 2.75) is 354 Å². The van der Waals surface area contributed by atoms with Gasteiger partial charge in [-0.25, -0.2) is 4.57 Å². The summed E-state index contributed by atoms with van der Waals surface area (Å²) in [7, 11) is -4.39. The second kappa shape index (κ2) is 70.3. The number of phosphoric ester groups is 1. The Morgan fingerprint density at radius 2 is 0.647 bits per heavy atom. The van der Waals surface area contributed by atoms with Crippen molar-refractivity contribution >= 4 is 19.8 Å². The first-order valence-electron chi connectivity index (χ1n) is 36.1. The van der Waals surface area contributed by atoms with Crippen molar-refractivity contribution in [3.8, 4) is 0 Å². The average molecular weight is 1210 g/mol. The van der Waals surface area contributed by atoms with E-state index in [9.17, 15) is 19.0 Å². The number of allylic oxidation sites excluding steroid dienone is 14. The molecule has 0 aliphatic carbocycles. The largest absolute Gasteiger partial charge is 0.472 e. The van der Waals surface area contributed by atoms with Gasteiger partial charge in [-0.05, 0) is 89.9 Å². The van der Waals surface area contributed by atoms with Crippen molar-refractivity contribution < 1.29 is 37.6 Å². The quantitative estimate of drug-likeness (QED) is 0.0264. The maximum absolute atomic E-state index is 12.8. The lowest BCUT2D eigenvalue weighted by Gasteiger charge is -2.19. The molecule has 0 fully saturated rings. The molecule has 2 unspecified atom stereocenters. The molecule has 0 bridgehead atoms. The highest BCUT2D eigenvalue weighted by molar-refractivity contribution is 7.47. The van der Waals surface area contributed by atoms with Crippen LogP contribution in [0.4, 0.5) is 0 Å². The first-order valence-corrected chi connectivity index (χ1v) is 37.6. The maximum Gasteiger partial charge on any atom is 0.472 e. The summed E-state index contributed by atoms with van der Waals surface area (Å²) in [4.78, 5) is 35.4. The molecule has 2 atom stereocenters. The molecule has 0 amide bonds. The number of ether oxygens (including phenoxy) is 2. The smallest absolute Gasteiger partial charge is 0.462 e. The molecule has 0 aliphatic rings. The maximum atomic E-state index is 12.8. The average Bonchev–Trinajstić information content (AvgIpc) is 3.52. The molecule has 0 aromatic rings. The molecule has 0 aromatic carbocycles. The van der Waals surface area contributed by atoms with Crippen LogP contribution in [0.1, 0.15) is 348 Å². The normalized spacial score (nSPS) is 13.4. The minimum Gasteiger partial charge on any atom is -0.462 e. The predicted octanol–water partition coefficient (Wildman–Crippen LogP) is 23.8. The zero-order valence-corrected chi connectivity index (χ0v) is 56.5. The van der Waals surface area contributed by atoms with E-state index < -0.39 is 26.5 Å². The summed E-state index contributed by atoms with van der Waals surface area (Å²) in [6, 6.07) is 0. The van der Waals surface area contributed by atoms with Gasteiger partial charge in [-0.2, -0.15) is 0 Å². The number of unbranched alkanes of at least 4 members (excludes halogenated alkanes) is 41. The highest BCUT2D eigenvalue weighted by Crippen LogP contribution is 2.43. The number of carbonyl (C=O) groups is 2. The van der Waals surface area contributed by atoms with Crippen LogP contribution in [-0.4, -0.2) is 49.3 Å². The van der Waals surface area contributed by atoms with Gasteiger partial charge < -0.3 is 20.1 Å².